The zero-order chi connectivity index (χ0) is 61.5. The van der Waals surface area contributed by atoms with Crippen molar-refractivity contribution in [3.05, 3.63) is 364 Å². The second kappa shape index (κ2) is 25.5. The van der Waals surface area contributed by atoms with Gasteiger partial charge in [-0.3, -0.25) is 0 Å². The van der Waals surface area contributed by atoms with Crippen LogP contribution in [0.1, 0.15) is 26.3 Å². The lowest BCUT2D eigenvalue weighted by molar-refractivity contribution is 0.589. The molecule has 7 heteroatoms. The number of hydrogen-bond donors (Lipinski definition) is 0. The van der Waals surface area contributed by atoms with Gasteiger partial charge in [0.2, 0.25) is 0 Å². The summed E-state index contributed by atoms with van der Waals surface area (Å²) in [5.41, 5.74) is 19.7. The highest BCUT2D eigenvalue weighted by molar-refractivity contribution is 5.99. The number of nitrogens with zero attached hydrogens (tertiary/aromatic N) is 6. The zero-order valence-corrected chi connectivity index (χ0v) is 51.2. The molecular formula is C84H68N6O. The minimum absolute atomic E-state index is 0.0967. The predicted molar refractivity (Wildman–Crippen MR) is 383 cm³/mol. The van der Waals surface area contributed by atoms with E-state index in [-0.39, 0.29) is 5.41 Å². The third kappa shape index (κ3) is 12.0. The van der Waals surface area contributed by atoms with E-state index in [0.29, 0.717) is 0 Å². The number of hydrogen-bond acceptors (Lipinski definition) is 7. The summed E-state index contributed by atoms with van der Waals surface area (Å²) in [6, 6.07) is 126. The number of rotatable bonds is 18. The van der Waals surface area contributed by atoms with Gasteiger partial charge in [-0.2, -0.15) is 0 Å². The largest absolute Gasteiger partial charge is 0.462 e. The first kappa shape index (κ1) is 57.0. The first-order chi connectivity index (χ1) is 44.8. The van der Waals surface area contributed by atoms with Gasteiger partial charge in [0.15, 0.2) is 0 Å². The highest BCUT2D eigenvalue weighted by Crippen LogP contribution is 2.51. The number of para-hydroxylation sites is 9. The van der Waals surface area contributed by atoms with E-state index in [1.54, 1.807) is 0 Å². The van der Waals surface area contributed by atoms with Gasteiger partial charge in [-0.25, -0.2) is 0 Å². The Hall–Kier alpha value is -11.8. The summed E-state index contributed by atoms with van der Waals surface area (Å²) in [7, 11) is 0. The van der Waals surface area contributed by atoms with Crippen LogP contribution in [0.3, 0.4) is 0 Å². The molecular weight excluding hydrogens is 1110 g/mol. The molecule has 13 aromatic carbocycles. The molecule has 0 fully saturated rings. The van der Waals surface area contributed by atoms with Crippen LogP contribution in [-0.2, 0) is 5.41 Å². The van der Waals surface area contributed by atoms with Crippen molar-refractivity contribution in [3.63, 3.8) is 0 Å². The third-order valence-electron chi connectivity index (χ3n) is 16.5. The number of furan rings is 1. The summed E-state index contributed by atoms with van der Waals surface area (Å²) in [5.74, 6) is 0. The fourth-order valence-electron chi connectivity index (χ4n) is 12.2. The lowest BCUT2D eigenvalue weighted by Crippen LogP contribution is -2.17. The molecule has 0 unspecified atom stereocenters. The van der Waals surface area contributed by atoms with Crippen molar-refractivity contribution in [1.29, 1.82) is 0 Å². The number of anilines is 18. The molecule has 0 saturated carbocycles. The highest BCUT2D eigenvalue weighted by Gasteiger charge is 2.28. The monoisotopic (exact) mass is 1180 g/mol. The summed E-state index contributed by atoms with van der Waals surface area (Å²) < 4.78 is 6.54. The molecule has 0 aliphatic carbocycles. The zero-order valence-electron chi connectivity index (χ0n) is 51.2. The average Bonchev–Trinajstić information content (AvgIpc) is 1.81. The summed E-state index contributed by atoms with van der Waals surface area (Å²) in [6.07, 6.45) is 1.91. The molecule has 0 radical (unpaired) electrons. The van der Waals surface area contributed by atoms with Crippen LogP contribution in [0.2, 0.25) is 0 Å². The molecule has 0 saturated heterocycles. The second-order valence-corrected chi connectivity index (χ2v) is 23.5. The van der Waals surface area contributed by atoms with Crippen LogP contribution in [0.15, 0.2) is 363 Å². The molecule has 440 valence electrons. The van der Waals surface area contributed by atoms with E-state index in [1.807, 2.05) is 6.26 Å². The van der Waals surface area contributed by atoms with E-state index < -0.39 is 0 Å². The van der Waals surface area contributed by atoms with Crippen LogP contribution >= 0.6 is 0 Å². The maximum atomic E-state index is 6.54. The second-order valence-electron chi connectivity index (χ2n) is 23.5. The van der Waals surface area contributed by atoms with Gasteiger partial charge in [-0.15, -0.1) is 0 Å². The van der Waals surface area contributed by atoms with Gasteiger partial charge in [-0.1, -0.05) is 197 Å². The Balaban J connectivity index is 1.01. The van der Waals surface area contributed by atoms with Gasteiger partial charge in [0.25, 0.3) is 0 Å². The Morgan fingerprint density at radius 1 is 0.209 bits per heavy atom. The van der Waals surface area contributed by atoms with Gasteiger partial charge >= 0.3 is 0 Å². The molecule has 91 heavy (non-hydrogen) atoms. The molecule has 1 heterocycles. The minimum atomic E-state index is -0.0967. The molecule has 0 amide bonds. The van der Waals surface area contributed by atoms with E-state index in [4.69, 9.17) is 4.42 Å². The Kier molecular flexibility index (Phi) is 16.0. The minimum Gasteiger partial charge on any atom is -0.462 e. The van der Waals surface area contributed by atoms with E-state index in [2.05, 4.69) is 402 Å². The van der Waals surface area contributed by atoms with Crippen LogP contribution in [0.4, 0.5) is 102 Å². The van der Waals surface area contributed by atoms with Gasteiger partial charge in [-0.05, 0) is 187 Å². The normalized spacial score (nSPS) is 11.2. The van der Waals surface area contributed by atoms with Crippen molar-refractivity contribution in [3.8, 4) is 0 Å². The van der Waals surface area contributed by atoms with Crippen LogP contribution in [0.25, 0.3) is 11.0 Å². The smallest absolute Gasteiger partial charge is 0.136 e. The van der Waals surface area contributed by atoms with Crippen LogP contribution in [0, 0.1) is 0 Å². The first-order valence-corrected chi connectivity index (χ1v) is 31.0. The van der Waals surface area contributed by atoms with Gasteiger partial charge in [0.1, 0.15) is 11.8 Å². The molecule has 14 aromatic rings. The van der Waals surface area contributed by atoms with E-state index >= 15 is 0 Å². The highest BCUT2D eigenvalue weighted by atomic mass is 16.3. The summed E-state index contributed by atoms with van der Waals surface area (Å²) in [6.45, 7) is 6.79. The standard InChI is InChI=1S/C84H68N6O/c1-84(2,3)63-52-53-83-81(54-63)82(62-91-83)90(72-48-29-12-30-49-72)80-60-77(87(68-40-21-8-22-41-68)69-42-23-9-24-43-69)59-79(61-80)89(71-46-27-11-28-47-71)74-51-31-50-73(55-74)88(70-44-25-10-26-45-70)78-57-75(85(64-32-13-4-14-33-64)65-34-15-5-16-35-65)56-76(58-78)86(66-36-17-6-18-37-66)67-38-19-7-20-39-67/h4-62H,1-3H3. The molecule has 0 atom stereocenters. The fraction of sp³-hybridized carbons (Fsp3) is 0.0476. The number of benzene rings is 13. The van der Waals surface area contributed by atoms with Gasteiger partial charge in [0.05, 0.1) is 39.8 Å². The topological polar surface area (TPSA) is 32.6 Å². The first-order valence-electron chi connectivity index (χ1n) is 31.0. The molecule has 0 bridgehead atoms. The Morgan fingerprint density at radius 3 is 0.692 bits per heavy atom. The molecule has 0 N–H and O–H groups in total. The average molecular weight is 1180 g/mol. The quantitative estimate of drug-likeness (QED) is 0.0846. The molecule has 0 aliphatic rings. The van der Waals surface area contributed by atoms with Crippen LogP contribution < -0.4 is 29.4 Å². The predicted octanol–water partition coefficient (Wildman–Crippen LogP) is 24.5. The Labute approximate surface area is 534 Å². The van der Waals surface area contributed by atoms with Crippen LogP contribution in [-0.4, -0.2) is 0 Å². The molecule has 0 spiro atoms. The third-order valence-corrected chi connectivity index (χ3v) is 16.5. The SMILES string of the molecule is CC(C)(C)c1ccc2occ(N(c3ccccc3)c3cc(N(c4ccccc4)c4ccccc4)cc(N(c4ccccc4)c4cccc(N(c5ccccc5)c5cc(N(c6ccccc6)c6ccccc6)cc(N(c6ccccc6)c6ccccc6)c5)c4)c3)c2c1. The maximum absolute atomic E-state index is 6.54. The Bertz CT molecular complexity index is 4460. The van der Waals surface area contributed by atoms with Crippen molar-refractivity contribution in [1.82, 2.24) is 0 Å². The van der Waals surface area contributed by atoms with Gasteiger partial charge in [0, 0.05) is 67.9 Å². The Morgan fingerprint density at radius 2 is 0.429 bits per heavy atom. The van der Waals surface area contributed by atoms with Gasteiger partial charge < -0.3 is 33.8 Å². The van der Waals surface area contributed by atoms with E-state index in [1.165, 1.54) is 5.56 Å². The molecule has 14 rings (SSSR count). The van der Waals surface area contributed by atoms with E-state index in [0.717, 1.165) is 113 Å². The van der Waals surface area contributed by atoms with Crippen molar-refractivity contribution >= 4 is 113 Å². The fourth-order valence-corrected chi connectivity index (χ4v) is 12.2. The maximum Gasteiger partial charge on any atom is 0.136 e. The molecule has 7 nitrogen and oxygen atoms in total. The van der Waals surface area contributed by atoms with Crippen LogP contribution in [0.5, 0.6) is 0 Å². The summed E-state index contributed by atoms with van der Waals surface area (Å²) in [5, 5.41) is 1.03. The summed E-state index contributed by atoms with van der Waals surface area (Å²) in [4.78, 5) is 14.2. The summed E-state index contributed by atoms with van der Waals surface area (Å²) >= 11 is 0. The number of fused-ring (bicyclic) bond motifs is 1. The van der Waals surface area contributed by atoms with Crippen molar-refractivity contribution in [2.45, 2.75) is 26.2 Å². The molecule has 1 aromatic heterocycles. The van der Waals surface area contributed by atoms with Crippen molar-refractivity contribution < 1.29 is 4.42 Å². The lowest BCUT2D eigenvalue weighted by atomic mass is 9.86. The van der Waals surface area contributed by atoms with E-state index in [9.17, 15) is 0 Å². The lowest BCUT2D eigenvalue weighted by Gasteiger charge is -2.34. The van der Waals surface area contributed by atoms with Crippen molar-refractivity contribution in [2.24, 2.45) is 0 Å². The van der Waals surface area contributed by atoms with Crippen molar-refractivity contribution in [2.75, 3.05) is 29.4 Å². The molecule has 0 aliphatic heterocycles.